The molecule has 0 amide bonds. The monoisotopic (exact) mass is 373 g/mol. The summed E-state index contributed by atoms with van der Waals surface area (Å²) in [6.45, 7) is 6.53. The SMILES string of the molecule is Cc1ccc(-c2nc3c4c(C)c(C)n(C5CCCCCC5)c4ncn3n2)cc1. The van der Waals surface area contributed by atoms with Gasteiger partial charge in [-0.1, -0.05) is 55.5 Å². The molecule has 0 aliphatic heterocycles. The number of hydrogen-bond acceptors (Lipinski definition) is 3. The molecule has 0 radical (unpaired) electrons. The number of aryl methyl sites for hydroxylation is 2. The number of benzene rings is 1. The zero-order valence-electron chi connectivity index (χ0n) is 16.9. The predicted octanol–water partition coefficient (Wildman–Crippen LogP) is 5.57. The van der Waals surface area contributed by atoms with Gasteiger partial charge in [0.1, 0.15) is 12.0 Å². The molecule has 0 bridgehead atoms. The Morgan fingerprint density at radius 1 is 0.893 bits per heavy atom. The Kier molecular flexibility index (Phi) is 4.18. The third kappa shape index (κ3) is 2.72. The van der Waals surface area contributed by atoms with Gasteiger partial charge in [-0.25, -0.2) is 14.5 Å². The zero-order valence-corrected chi connectivity index (χ0v) is 16.9. The summed E-state index contributed by atoms with van der Waals surface area (Å²) in [5.74, 6) is 0.758. The van der Waals surface area contributed by atoms with Gasteiger partial charge in [-0.05, 0) is 39.2 Å². The van der Waals surface area contributed by atoms with Gasteiger partial charge in [-0.3, -0.25) is 0 Å². The molecule has 4 aromatic rings. The molecule has 0 unspecified atom stereocenters. The molecule has 1 aromatic carbocycles. The van der Waals surface area contributed by atoms with Crippen molar-refractivity contribution in [3.63, 3.8) is 0 Å². The van der Waals surface area contributed by atoms with Crippen LogP contribution in [0.5, 0.6) is 0 Å². The number of rotatable bonds is 2. The lowest BCUT2D eigenvalue weighted by Crippen LogP contribution is -2.10. The van der Waals surface area contributed by atoms with E-state index in [1.807, 2.05) is 10.8 Å². The minimum Gasteiger partial charge on any atom is -0.326 e. The van der Waals surface area contributed by atoms with Gasteiger partial charge in [0.05, 0.1) is 5.39 Å². The first kappa shape index (κ1) is 17.4. The number of aromatic nitrogens is 5. The minimum atomic E-state index is 0.549. The summed E-state index contributed by atoms with van der Waals surface area (Å²) in [6, 6.07) is 8.93. The molecule has 1 saturated carbocycles. The van der Waals surface area contributed by atoms with Crippen molar-refractivity contribution in [1.82, 2.24) is 24.1 Å². The summed E-state index contributed by atoms with van der Waals surface area (Å²) in [4.78, 5) is 9.76. The van der Waals surface area contributed by atoms with Crippen LogP contribution < -0.4 is 0 Å². The molecule has 0 spiro atoms. The fourth-order valence-corrected chi connectivity index (χ4v) is 4.67. The molecule has 5 nitrogen and oxygen atoms in total. The van der Waals surface area contributed by atoms with Gasteiger partial charge in [-0.2, -0.15) is 0 Å². The second-order valence-corrected chi connectivity index (χ2v) is 8.24. The first-order chi connectivity index (χ1) is 13.6. The van der Waals surface area contributed by atoms with Crippen LogP contribution in [0.25, 0.3) is 28.1 Å². The second-order valence-electron chi connectivity index (χ2n) is 8.24. The van der Waals surface area contributed by atoms with E-state index in [0.717, 1.165) is 28.1 Å². The summed E-state index contributed by atoms with van der Waals surface area (Å²) in [5.41, 5.74) is 6.86. The van der Waals surface area contributed by atoms with Gasteiger partial charge in [-0.15, -0.1) is 5.10 Å². The van der Waals surface area contributed by atoms with Crippen molar-refractivity contribution in [2.45, 2.75) is 65.3 Å². The Morgan fingerprint density at radius 3 is 2.32 bits per heavy atom. The number of hydrogen-bond donors (Lipinski definition) is 0. The summed E-state index contributed by atoms with van der Waals surface area (Å²) in [7, 11) is 0. The molecule has 0 atom stereocenters. The van der Waals surface area contributed by atoms with Crippen LogP contribution in [0.3, 0.4) is 0 Å². The van der Waals surface area contributed by atoms with Crippen LogP contribution in [0, 0.1) is 20.8 Å². The maximum Gasteiger partial charge on any atom is 0.182 e. The Labute approximate surface area is 165 Å². The molecule has 0 N–H and O–H groups in total. The average Bonchev–Trinajstić information content (AvgIpc) is 3.10. The number of nitrogens with zero attached hydrogens (tertiary/aromatic N) is 5. The van der Waals surface area contributed by atoms with Gasteiger partial charge < -0.3 is 4.57 Å². The smallest absolute Gasteiger partial charge is 0.182 e. The van der Waals surface area contributed by atoms with E-state index < -0.39 is 0 Å². The van der Waals surface area contributed by atoms with Crippen molar-refractivity contribution >= 4 is 16.7 Å². The lowest BCUT2D eigenvalue weighted by atomic mass is 10.1. The van der Waals surface area contributed by atoms with Crippen LogP contribution in [0.15, 0.2) is 30.6 Å². The fourth-order valence-electron chi connectivity index (χ4n) is 4.67. The van der Waals surface area contributed by atoms with Crippen LogP contribution in [0.4, 0.5) is 0 Å². The molecular weight excluding hydrogens is 346 g/mol. The van der Waals surface area contributed by atoms with Gasteiger partial charge >= 0.3 is 0 Å². The second kappa shape index (κ2) is 6.73. The van der Waals surface area contributed by atoms with Crippen LogP contribution in [0.1, 0.15) is 61.4 Å². The highest BCUT2D eigenvalue weighted by atomic mass is 15.3. The first-order valence-corrected chi connectivity index (χ1v) is 10.4. The molecule has 28 heavy (non-hydrogen) atoms. The fraction of sp³-hybridized carbons (Fsp3) is 0.435. The average molecular weight is 374 g/mol. The highest BCUT2D eigenvalue weighted by molar-refractivity contribution is 5.94. The van der Waals surface area contributed by atoms with E-state index >= 15 is 0 Å². The normalized spacial score (nSPS) is 16.1. The van der Waals surface area contributed by atoms with E-state index in [9.17, 15) is 0 Å². The largest absolute Gasteiger partial charge is 0.326 e. The molecule has 0 saturated heterocycles. The van der Waals surface area contributed by atoms with Crippen molar-refractivity contribution in [2.24, 2.45) is 0 Å². The van der Waals surface area contributed by atoms with E-state index in [1.165, 1.54) is 55.3 Å². The maximum atomic E-state index is 4.92. The molecule has 5 rings (SSSR count). The number of fused-ring (bicyclic) bond motifs is 3. The lowest BCUT2D eigenvalue weighted by Gasteiger charge is -2.19. The summed E-state index contributed by atoms with van der Waals surface area (Å²) >= 11 is 0. The molecule has 1 aliphatic rings. The van der Waals surface area contributed by atoms with Crippen LogP contribution in [-0.4, -0.2) is 24.1 Å². The van der Waals surface area contributed by atoms with E-state index in [1.54, 1.807) is 0 Å². The predicted molar refractivity (Wildman–Crippen MR) is 113 cm³/mol. The molecule has 5 heteroatoms. The Morgan fingerprint density at radius 2 is 1.61 bits per heavy atom. The molecule has 144 valence electrons. The van der Waals surface area contributed by atoms with Gasteiger partial charge in [0.2, 0.25) is 0 Å². The zero-order chi connectivity index (χ0) is 19.3. The standard InChI is InChI=1S/C23H27N5/c1-15-10-12-18(13-11-15)21-25-23-20-16(2)17(3)28(19-8-6-4-5-7-9-19)22(20)24-14-27(23)26-21/h10-14,19H,4-9H2,1-3H3. The first-order valence-electron chi connectivity index (χ1n) is 10.4. The molecule has 3 aromatic heterocycles. The Hall–Kier alpha value is -2.69. The summed E-state index contributed by atoms with van der Waals surface area (Å²) in [6.07, 6.45) is 9.66. The van der Waals surface area contributed by atoms with E-state index in [-0.39, 0.29) is 0 Å². The van der Waals surface area contributed by atoms with Crippen LogP contribution in [0.2, 0.25) is 0 Å². The van der Waals surface area contributed by atoms with Gasteiger partial charge in [0.15, 0.2) is 11.5 Å². The third-order valence-electron chi connectivity index (χ3n) is 6.37. The topological polar surface area (TPSA) is 48.0 Å². The van der Waals surface area contributed by atoms with Crippen molar-refractivity contribution in [2.75, 3.05) is 0 Å². The van der Waals surface area contributed by atoms with Gasteiger partial charge in [0, 0.05) is 17.3 Å². The maximum absolute atomic E-state index is 4.92. The minimum absolute atomic E-state index is 0.549. The van der Waals surface area contributed by atoms with Gasteiger partial charge in [0.25, 0.3) is 0 Å². The van der Waals surface area contributed by atoms with Crippen molar-refractivity contribution in [1.29, 1.82) is 0 Å². The van der Waals surface area contributed by atoms with Crippen molar-refractivity contribution < 1.29 is 0 Å². The molecule has 1 aliphatic carbocycles. The van der Waals surface area contributed by atoms with Crippen LogP contribution in [-0.2, 0) is 0 Å². The van der Waals surface area contributed by atoms with Crippen LogP contribution >= 0.6 is 0 Å². The summed E-state index contributed by atoms with van der Waals surface area (Å²) < 4.78 is 4.32. The highest BCUT2D eigenvalue weighted by Crippen LogP contribution is 2.35. The van der Waals surface area contributed by atoms with Crippen molar-refractivity contribution in [3.05, 3.63) is 47.4 Å². The quantitative estimate of drug-likeness (QED) is 0.432. The molecule has 3 heterocycles. The van der Waals surface area contributed by atoms with E-state index in [0.29, 0.717) is 6.04 Å². The van der Waals surface area contributed by atoms with Crippen molar-refractivity contribution in [3.8, 4) is 11.4 Å². The Balaban J connectivity index is 1.69. The molecule has 1 fully saturated rings. The third-order valence-corrected chi connectivity index (χ3v) is 6.37. The molecular formula is C23H27N5. The highest BCUT2D eigenvalue weighted by Gasteiger charge is 2.23. The summed E-state index contributed by atoms with van der Waals surface area (Å²) in [5, 5.41) is 5.85. The van der Waals surface area contributed by atoms with E-state index in [2.05, 4.69) is 49.6 Å². The van der Waals surface area contributed by atoms with E-state index in [4.69, 9.17) is 15.1 Å². The Bertz CT molecular complexity index is 1140. The lowest BCUT2D eigenvalue weighted by molar-refractivity contribution is 0.446.